The highest BCUT2D eigenvalue weighted by molar-refractivity contribution is 7.89. The first-order valence-electron chi connectivity index (χ1n) is 6.14. The summed E-state index contributed by atoms with van der Waals surface area (Å²) in [4.78, 5) is 0.281. The van der Waals surface area contributed by atoms with Gasteiger partial charge in [0.05, 0.1) is 4.90 Å². The summed E-state index contributed by atoms with van der Waals surface area (Å²) >= 11 is 0. The molecule has 0 heterocycles. The fourth-order valence-corrected chi connectivity index (χ4v) is 3.35. The molecule has 5 heteroatoms. The molecule has 0 aliphatic heterocycles. The van der Waals surface area contributed by atoms with Gasteiger partial charge in [-0.05, 0) is 38.0 Å². The minimum Gasteiger partial charge on any atom is -0.326 e. The molecule has 102 valence electrons. The standard InChI is InChI=1S/C13H22N2O2S/c1-4-9-13(2,3)15-18(16,17)12-7-5-11(10-14)6-8-12/h5-8,15H,4,9-10,14H2,1-3H3. The number of benzene rings is 1. The van der Waals surface area contributed by atoms with Crippen LogP contribution >= 0.6 is 0 Å². The Labute approximate surface area is 110 Å². The molecule has 0 saturated heterocycles. The van der Waals surface area contributed by atoms with Crippen LogP contribution in [-0.4, -0.2) is 14.0 Å². The Morgan fingerprint density at radius 2 is 1.78 bits per heavy atom. The number of rotatable bonds is 6. The molecule has 0 aromatic heterocycles. The molecule has 0 fully saturated rings. The summed E-state index contributed by atoms with van der Waals surface area (Å²) in [6, 6.07) is 6.65. The van der Waals surface area contributed by atoms with E-state index in [0.29, 0.717) is 6.54 Å². The topological polar surface area (TPSA) is 72.2 Å². The van der Waals surface area contributed by atoms with E-state index in [1.165, 1.54) is 0 Å². The SMILES string of the molecule is CCCC(C)(C)NS(=O)(=O)c1ccc(CN)cc1. The van der Waals surface area contributed by atoms with E-state index >= 15 is 0 Å². The predicted molar refractivity (Wildman–Crippen MR) is 73.6 cm³/mol. The molecule has 3 N–H and O–H groups in total. The van der Waals surface area contributed by atoms with Gasteiger partial charge in [0.2, 0.25) is 10.0 Å². The van der Waals surface area contributed by atoms with Gasteiger partial charge in [-0.1, -0.05) is 25.5 Å². The van der Waals surface area contributed by atoms with Crippen molar-refractivity contribution in [3.8, 4) is 0 Å². The van der Waals surface area contributed by atoms with Crippen LogP contribution < -0.4 is 10.5 Å². The van der Waals surface area contributed by atoms with E-state index in [2.05, 4.69) is 4.72 Å². The Balaban J connectivity index is 2.92. The zero-order chi connectivity index (χ0) is 13.8. The summed E-state index contributed by atoms with van der Waals surface area (Å²) in [7, 11) is -3.46. The van der Waals surface area contributed by atoms with E-state index in [0.717, 1.165) is 18.4 Å². The van der Waals surface area contributed by atoms with E-state index in [1.807, 2.05) is 20.8 Å². The summed E-state index contributed by atoms with van der Waals surface area (Å²) in [6.07, 6.45) is 1.73. The minimum atomic E-state index is -3.46. The van der Waals surface area contributed by atoms with Crippen molar-refractivity contribution in [2.45, 2.75) is 50.6 Å². The van der Waals surface area contributed by atoms with Crippen molar-refractivity contribution in [1.29, 1.82) is 0 Å². The maximum Gasteiger partial charge on any atom is 0.241 e. The second kappa shape index (κ2) is 5.82. The number of nitrogens with one attached hydrogen (secondary N) is 1. The molecule has 18 heavy (non-hydrogen) atoms. The van der Waals surface area contributed by atoms with Crippen molar-refractivity contribution in [3.63, 3.8) is 0 Å². The smallest absolute Gasteiger partial charge is 0.241 e. The van der Waals surface area contributed by atoms with Gasteiger partial charge in [-0.15, -0.1) is 0 Å². The molecule has 0 saturated carbocycles. The summed E-state index contributed by atoms with van der Waals surface area (Å²) in [5.74, 6) is 0. The molecule has 0 atom stereocenters. The van der Waals surface area contributed by atoms with Gasteiger partial charge in [-0.3, -0.25) is 0 Å². The third-order valence-electron chi connectivity index (χ3n) is 2.76. The lowest BCUT2D eigenvalue weighted by atomic mass is 10.0. The molecule has 1 aromatic carbocycles. The van der Waals surface area contributed by atoms with Crippen LogP contribution in [0.4, 0.5) is 0 Å². The van der Waals surface area contributed by atoms with Gasteiger partial charge in [-0.25, -0.2) is 13.1 Å². The lowest BCUT2D eigenvalue weighted by Gasteiger charge is -2.25. The highest BCUT2D eigenvalue weighted by atomic mass is 32.2. The zero-order valence-corrected chi connectivity index (χ0v) is 12.0. The zero-order valence-electron chi connectivity index (χ0n) is 11.2. The van der Waals surface area contributed by atoms with Crippen molar-refractivity contribution in [2.75, 3.05) is 0 Å². The van der Waals surface area contributed by atoms with Gasteiger partial charge < -0.3 is 5.73 Å². The summed E-state index contributed by atoms with van der Waals surface area (Å²) in [6.45, 7) is 6.23. The van der Waals surface area contributed by atoms with Crippen LogP contribution in [0.5, 0.6) is 0 Å². The Kier molecular flexibility index (Phi) is 4.90. The van der Waals surface area contributed by atoms with Gasteiger partial charge in [0, 0.05) is 12.1 Å². The quantitative estimate of drug-likeness (QED) is 0.830. The molecule has 0 bridgehead atoms. The first-order valence-corrected chi connectivity index (χ1v) is 7.62. The molecule has 0 aliphatic carbocycles. The van der Waals surface area contributed by atoms with Crippen molar-refractivity contribution in [1.82, 2.24) is 4.72 Å². The monoisotopic (exact) mass is 270 g/mol. The highest BCUT2D eigenvalue weighted by Gasteiger charge is 2.25. The average Bonchev–Trinajstić information content (AvgIpc) is 2.27. The van der Waals surface area contributed by atoms with Gasteiger partial charge in [0.15, 0.2) is 0 Å². The maximum atomic E-state index is 12.2. The van der Waals surface area contributed by atoms with Crippen LogP contribution in [0.25, 0.3) is 0 Å². The van der Waals surface area contributed by atoms with E-state index in [1.54, 1.807) is 24.3 Å². The van der Waals surface area contributed by atoms with E-state index in [4.69, 9.17) is 5.73 Å². The number of sulfonamides is 1. The van der Waals surface area contributed by atoms with Crippen LogP contribution in [0.15, 0.2) is 29.2 Å². The van der Waals surface area contributed by atoms with E-state index in [-0.39, 0.29) is 4.90 Å². The van der Waals surface area contributed by atoms with Crippen LogP contribution in [0.1, 0.15) is 39.2 Å². The predicted octanol–water partition coefficient (Wildman–Crippen LogP) is 2.00. The number of hydrogen-bond donors (Lipinski definition) is 2. The van der Waals surface area contributed by atoms with Crippen LogP contribution in [0.2, 0.25) is 0 Å². The number of nitrogens with two attached hydrogens (primary N) is 1. The highest BCUT2D eigenvalue weighted by Crippen LogP contribution is 2.17. The summed E-state index contributed by atoms with van der Waals surface area (Å²) < 4.78 is 27.1. The van der Waals surface area contributed by atoms with Crippen molar-refractivity contribution < 1.29 is 8.42 Å². The van der Waals surface area contributed by atoms with Crippen molar-refractivity contribution in [3.05, 3.63) is 29.8 Å². The van der Waals surface area contributed by atoms with Crippen molar-refractivity contribution in [2.24, 2.45) is 5.73 Å². The molecule has 0 unspecified atom stereocenters. The third-order valence-corrected chi connectivity index (χ3v) is 4.47. The molecule has 0 spiro atoms. The fourth-order valence-electron chi connectivity index (χ4n) is 1.90. The van der Waals surface area contributed by atoms with E-state index < -0.39 is 15.6 Å². The Bertz CT molecular complexity index is 478. The normalized spacial score (nSPS) is 12.7. The Hall–Kier alpha value is -0.910. The van der Waals surface area contributed by atoms with Crippen molar-refractivity contribution >= 4 is 10.0 Å². The largest absolute Gasteiger partial charge is 0.326 e. The number of hydrogen-bond acceptors (Lipinski definition) is 3. The van der Waals surface area contributed by atoms with Gasteiger partial charge >= 0.3 is 0 Å². The first kappa shape index (κ1) is 15.1. The molecule has 0 aliphatic rings. The first-order chi connectivity index (χ1) is 8.30. The molecular weight excluding hydrogens is 248 g/mol. The fraction of sp³-hybridized carbons (Fsp3) is 0.538. The van der Waals surface area contributed by atoms with Gasteiger partial charge in [-0.2, -0.15) is 0 Å². The van der Waals surface area contributed by atoms with Crippen LogP contribution in [0.3, 0.4) is 0 Å². The van der Waals surface area contributed by atoms with E-state index in [9.17, 15) is 8.42 Å². The summed E-state index contributed by atoms with van der Waals surface area (Å²) in [5, 5.41) is 0. The lowest BCUT2D eigenvalue weighted by Crippen LogP contribution is -2.43. The van der Waals surface area contributed by atoms with Gasteiger partial charge in [0.1, 0.15) is 0 Å². The third kappa shape index (κ3) is 4.08. The molecular formula is C13H22N2O2S. The summed E-state index contributed by atoms with van der Waals surface area (Å²) in [5.41, 5.74) is 5.97. The second-order valence-corrected chi connectivity index (χ2v) is 6.77. The Morgan fingerprint density at radius 3 is 2.22 bits per heavy atom. The molecule has 1 rings (SSSR count). The second-order valence-electron chi connectivity index (χ2n) is 5.09. The lowest BCUT2D eigenvalue weighted by molar-refractivity contribution is 0.418. The Morgan fingerprint density at radius 1 is 1.22 bits per heavy atom. The average molecular weight is 270 g/mol. The van der Waals surface area contributed by atoms with Crippen LogP contribution in [-0.2, 0) is 16.6 Å². The molecule has 0 amide bonds. The molecule has 1 aromatic rings. The molecule has 0 radical (unpaired) electrons. The maximum absolute atomic E-state index is 12.2. The van der Waals surface area contributed by atoms with Gasteiger partial charge in [0.25, 0.3) is 0 Å². The van der Waals surface area contributed by atoms with Crippen LogP contribution in [0, 0.1) is 0 Å². The minimum absolute atomic E-state index is 0.281. The molecule has 4 nitrogen and oxygen atoms in total.